The molecule has 2 N–H and O–H groups in total. The lowest BCUT2D eigenvalue weighted by atomic mass is 10.1. The Bertz CT molecular complexity index is 873. The van der Waals surface area contributed by atoms with Crippen LogP contribution in [0.2, 0.25) is 0 Å². The molecule has 2 aromatic carbocycles. The van der Waals surface area contributed by atoms with Gasteiger partial charge in [0, 0.05) is 5.75 Å². The normalized spacial score (nSPS) is 12.0. The highest BCUT2D eigenvalue weighted by atomic mass is 32.2. The molecule has 0 fully saturated rings. The van der Waals surface area contributed by atoms with Gasteiger partial charge in [-0.1, -0.05) is 36.0 Å². The van der Waals surface area contributed by atoms with Crippen molar-refractivity contribution in [3.8, 4) is 0 Å². The highest BCUT2D eigenvalue weighted by molar-refractivity contribution is 8.00. The Labute approximate surface area is 153 Å². The van der Waals surface area contributed by atoms with E-state index in [1.807, 2.05) is 30.3 Å². The van der Waals surface area contributed by atoms with Crippen molar-refractivity contribution < 1.29 is 14.3 Å². The molecule has 1 atom stereocenters. The summed E-state index contributed by atoms with van der Waals surface area (Å²) in [7, 11) is 0. The zero-order chi connectivity index (χ0) is 17.8. The number of fused-ring (bicyclic) bond motifs is 1. The van der Waals surface area contributed by atoms with E-state index in [1.54, 1.807) is 35.2 Å². The average Bonchev–Trinajstić information content (AvgIpc) is 3.03. The summed E-state index contributed by atoms with van der Waals surface area (Å²) in [5, 5.41) is 0. The van der Waals surface area contributed by atoms with Gasteiger partial charge in [0.1, 0.15) is 0 Å². The molecule has 3 rings (SSSR count). The van der Waals surface area contributed by atoms with Gasteiger partial charge in [-0.05, 0) is 36.8 Å². The molecule has 7 heteroatoms. The third-order valence-corrected chi connectivity index (χ3v) is 5.76. The number of nitrogens with zero attached hydrogens (tertiary/aromatic N) is 1. The Morgan fingerprint density at radius 2 is 1.92 bits per heavy atom. The summed E-state index contributed by atoms with van der Waals surface area (Å²) in [6.07, 6.45) is -0.943. The summed E-state index contributed by atoms with van der Waals surface area (Å²) in [6, 6.07) is 15.2. The molecule has 0 bridgehead atoms. The predicted octanol–water partition coefficient (Wildman–Crippen LogP) is 3.62. The van der Waals surface area contributed by atoms with E-state index in [4.69, 9.17) is 10.5 Å². The lowest BCUT2D eigenvalue weighted by molar-refractivity contribution is -0.125. The molecule has 0 aliphatic heterocycles. The van der Waals surface area contributed by atoms with Crippen molar-refractivity contribution in [2.45, 2.75) is 23.1 Å². The van der Waals surface area contributed by atoms with E-state index >= 15 is 0 Å². The molecule has 128 valence electrons. The number of benzene rings is 2. The molecule has 1 amide bonds. The maximum Gasteiger partial charge on any atom is 0.338 e. The van der Waals surface area contributed by atoms with Crippen LogP contribution in [0.1, 0.15) is 22.8 Å². The van der Waals surface area contributed by atoms with Crippen LogP contribution in [0.15, 0.2) is 52.9 Å². The average molecular weight is 372 g/mol. The highest BCUT2D eigenvalue weighted by Gasteiger charge is 2.16. The second kappa shape index (κ2) is 7.67. The summed E-state index contributed by atoms with van der Waals surface area (Å²) in [5.74, 6) is -0.471. The Hall–Kier alpha value is -2.38. The number of carbonyl (C=O) groups is 2. The molecule has 0 saturated carbocycles. The first kappa shape index (κ1) is 17.4. The fourth-order valence-electron chi connectivity index (χ4n) is 2.08. The number of esters is 1. The van der Waals surface area contributed by atoms with Gasteiger partial charge in [-0.25, -0.2) is 9.78 Å². The second-order valence-electron chi connectivity index (χ2n) is 5.38. The maximum absolute atomic E-state index is 11.9. The van der Waals surface area contributed by atoms with E-state index in [0.717, 1.165) is 21.2 Å². The van der Waals surface area contributed by atoms with Crippen LogP contribution < -0.4 is 5.73 Å². The molecule has 0 aliphatic rings. The summed E-state index contributed by atoms with van der Waals surface area (Å²) >= 11 is 3.33. The van der Waals surface area contributed by atoms with Crippen LogP contribution >= 0.6 is 23.1 Å². The third kappa shape index (κ3) is 4.37. The van der Waals surface area contributed by atoms with Crippen LogP contribution in [0, 0.1) is 0 Å². The minimum absolute atomic E-state index is 0.391. The molecule has 5 nitrogen and oxygen atoms in total. The van der Waals surface area contributed by atoms with Gasteiger partial charge in [0.05, 0.1) is 15.8 Å². The van der Waals surface area contributed by atoms with E-state index < -0.39 is 18.0 Å². The smallest absolute Gasteiger partial charge is 0.338 e. The minimum Gasteiger partial charge on any atom is -0.449 e. The number of thiazole rings is 1. The minimum atomic E-state index is -0.943. The largest absolute Gasteiger partial charge is 0.449 e. The van der Waals surface area contributed by atoms with Crippen molar-refractivity contribution >= 4 is 45.2 Å². The summed E-state index contributed by atoms with van der Waals surface area (Å²) in [5.41, 5.74) is 7.56. The highest BCUT2D eigenvalue weighted by Crippen LogP contribution is 2.31. The van der Waals surface area contributed by atoms with Crippen molar-refractivity contribution in [2.24, 2.45) is 5.73 Å². The number of aromatic nitrogens is 1. The Balaban J connectivity index is 1.60. The fourth-order valence-corrected chi connectivity index (χ4v) is 4.11. The van der Waals surface area contributed by atoms with Gasteiger partial charge in [0.2, 0.25) is 0 Å². The standard InChI is InChI=1S/C18H16N2O3S2/c1-11(16(19)21)23-17(22)13-8-6-12(7-9-13)10-24-18-20-14-4-2-3-5-15(14)25-18/h2-9,11H,10H2,1H3,(H2,19,21). The van der Waals surface area contributed by atoms with Gasteiger partial charge in [0.25, 0.3) is 5.91 Å². The number of ether oxygens (including phenoxy) is 1. The van der Waals surface area contributed by atoms with Crippen LogP contribution in [0.25, 0.3) is 10.2 Å². The molecule has 0 spiro atoms. The monoisotopic (exact) mass is 372 g/mol. The molecule has 0 radical (unpaired) electrons. The zero-order valence-electron chi connectivity index (χ0n) is 13.5. The Morgan fingerprint density at radius 1 is 1.20 bits per heavy atom. The lowest BCUT2D eigenvalue weighted by Gasteiger charge is -2.09. The van der Waals surface area contributed by atoms with E-state index in [2.05, 4.69) is 11.1 Å². The number of nitrogens with two attached hydrogens (primary N) is 1. The molecular weight excluding hydrogens is 356 g/mol. The second-order valence-corrected chi connectivity index (χ2v) is 7.64. The van der Waals surface area contributed by atoms with Crippen molar-refractivity contribution in [2.75, 3.05) is 0 Å². The molecule has 0 saturated heterocycles. The van der Waals surface area contributed by atoms with Crippen LogP contribution in [0.3, 0.4) is 0 Å². The van der Waals surface area contributed by atoms with E-state index in [1.165, 1.54) is 11.6 Å². The van der Waals surface area contributed by atoms with Crippen LogP contribution in [-0.2, 0) is 15.3 Å². The SMILES string of the molecule is CC(OC(=O)c1ccc(CSc2nc3ccccc3s2)cc1)C(N)=O. The van der Waals surface area contributed by atoms with Crippen LogP contribution in [-0.4, -0.2) is 23.0 Å². The Morgan fingerprint density at radius 3 is 2.60 bits per heavy atom. The number of rotatable bonds is 6. The van der Waals surface area contributed by atoms with Crippen LogP contribution in [0.4, 0.5) is 0 Å². The van der Waals surface area contributed by atoms with Gasteiger partial charge in [-0.15, -0.1) is 11.3 Å². The van der Waals surface area contributed by atoms with Crippen LogP contribution in [0.5, 0.6) is 0 Å². The summed E-state index contributed by atoms with van der Waals surface area (Å²) < 4.78 is 7.16. The predicted molar refractivity (Wildman–Crippen MR) is 99.7 cm³/mol. The molecular formula is C18H16N2O3S2. The number of hydrogen-bond acceptors (Lipinski definition) is 6. The number of thioether (sulfide) groups is 1. The van der Waals surface area contributed by atoms with Crippen molar-refractivity contribution in [1.29, 1.82) is 0 Å². The first-order chi connectivity index (χ1) is 12.0. The number of primary amides is 1. The third-order valence-electron chi connectivity index (χ3n) is 3.51. The van der Waals surface area contributed by atoms with E-state index in [0.29, 0.717) is 5.56 Å². The number of carbonyl (C=O) groups excluding carboxylic acids is 2. The first-order valence-electron chi connectivity index (χ1n) is 7.60. The van der Waals surface area contributed by atoms with Gasteiger partial charge in [0.15, 0.2) is 10.4 Å². The molecule has 1 aromatic heterocycles. The van der Waals surface area contributed by atoms with Gasteiger partial charge < -0.3 is 10.5 Å². The number of hydrogen-bond donors (Lipinski definition) is 1. The van der Waals surface area contributed by atoms with Gasteiger partial charge in [-0.2, -0.15) is 0 Å². The van der Waals surface area contributed by atoms with Gasteiger partial charge >= 0.3 is 5.97 Å². The number of para-hydroxylation sites is 1. The van der Waals surface area contributed by atoms with E-state index in [9.17, 15) is 9.59 Å². The summed E-state index contributed by atoms with van der Waals surface area (Å²) in [6.45, 7) is 1.45. The molecule has 1 unspecified atom stereocenters. The van der Waals surface area contributed by atoms with E-state index in [-0.39, 0.29) is 0 Å². The topological polar surface area (TPSA) is 82.3 Å². The summed E-state index contributed by atoms with van der Waals surface area (Å²) in [4.78, 5) is 27.4. The number of amides is 1. The molecule has 1 heterocycles. The first-order valence-corrected chi connectivity index (χ1v) is 9.41. The molecule has 25 heavy (non-hydrogen) atoms. The fraction of sp³-hybridized carbons (Fsp3) is 0.167. The molecule has 3 aromatic rings. The van der Waals surface area contributed by atoms with Crippen molar-refractivity contribution in [1.82, 2.24) is 4.98 Å². The maximum atomic E-state index is 11.9. The Kier molecular flexibility index (Phi) is 5.35. The lowest BCUT2D eigenvalue weighted by Crippen LogP contribution is -2.30. The van der Waals surface area contributed by atoms with Crippen molar-refractivity contribution in [3.05, 3.63) is 59.7 Å². The zero-order valence-corrected chi connectivity index (χ0v) is 15.1. The molecule has 0 aliphatic carbocycles. The van der Waals surface area contributed by atoms with Crippen molar-refractivity contribution in [3.63, 3.8) is 0 Å². The van der Waals surface area contributed by atoms with Gasteiger partial charge in [-0.3, -0.25) is 4.79 Å². The quantitative estimate of drug-likeness (QED) is 0.528.